The Bertz CT molecular complexity index is 4590. The van der Waals surface area contributed by atoms with Crippen molar-refractivity contribution in [3.8, 4) is 23.8 Å². The van der Waals surface area contributed by atoms with E-state index in [4.69, 9.17) is 48.9 Å². The van der Waals surface area contributed by atoms with E-state index in [1.54, 1.807) is 23.0 Å². The van der Waals surface area contributed by atoms with Crippen LogP contribution >= 0.6 is 27.0 Å². The predicted octanol–water partition coefficient (Wildman–Crippen LogP) is 9.29. The second-order valence-electron chi connectivity index (χ2n) is 31.3. The van der Waals surface area contributed by atoms with Crippen molar-refractivity contribution in [3.63, 3.8) is 0 Å². The Morgan fingerprint density at radius 3 is 1.25 bits per heavy atom. The zero-order valence-electron chi connectivity index (χ0n) is 67.8. The standard InChI is InChI=1S/C29H40N6O2.C28H36N8O3.C27H33F3N6O2.2H2S/c1-5-27(36)33-15-17-34(18-16-33)28-24-12-14-35(26-11-7-6-10-23(26)21(2)3)19-25(24)30-29(31-28)37-20-22-9-8-13-32(22)4;1-4-25(37)34-12-14-35(15-13-34)27-20-9-11-36(26-21-16-29-32-22(21)7-8-24(26)38-3)17-23(20)30-28(31-27)39-18-19-6-5-10-33(19)2;1-3-24(37)34-13-15-35(16-14-34)25-20-10-12-36(23-9-5-4-8-21(23)27(28,29)30)17-22(20)31-26(32-25)38-18-19-7-6-11-33(19)2;;/h5-7,10-11,21-22H,1,8-9,12-20H2,2-4H3;4,7-8,16,19H,1,5-6,9-15,17-18H2,2-3H3,(H,29,32);3-5,8-9,19H,1,6-7,10-18H2,2H3;2*1H2/t22-;2*19-;;/m000../s1. The van der Waals surface area contributed by atoms with Crippen LogP contribution in [0.4, 0.5) is 47.7 Å². The third-order valence-corrected chi connectivity index (χ3v) is 24.0. The summed E-state index contributed by atoms with van der Waals surface area (Å²) < 4.78 is 65.6. The lowest BCUT2D eigenvalue weighted by atomic mass is 9.98. The molecule has 0 bridgehead atoms. The van der Waals surface area contributed by atoms with Gasteiger partial charge >= 0.3 is 24.2 Å². The molecule has 0 spiro atoms. The van der Waals surface area contributed by atoms with E-state index in [0.29, 0.717) is 140 Å². The van der Waals surface area contributed by atoms with E-state index >= 15 is 0 Å². The highest BCUT2D eigenvalue weighted by atomic mass is 32.1. The van der Waals surface area contributed by atoms with Crippen molar-refractivity contribution < 1.29 is 46.5 Å². The quantitative estimate of drug-likeness (QED) is 0.0700. The molecular formula is C84H113F3N20O7S2. The van der Waals surface area contributed by atoms with Crippen molar-refractivity contribution in [3.05, 3.63) is 150 Å². The maximum absolute atomic E-state index is 13.7. The number of hydrogen-bond donors (Lipinski definition) is 1. The molecule has 1 N–H and O–H groups in total. The molecule has 3 aromatic carbocycles. The van der Waals surface area contributed by atoms with Crippen molar-refractivity contribution in [2.24, 2.45) is 0 Å². The van der Waals surface area contributed by atoms with Crippen LogP contribution in [-0.2, 0) is 59.5 Å². The lowest BCUT2D eigenvalue weighted by Gasteiger charge is -2.38. The number of methoxy groups -OCH3 is 1. The van der Waals surface area contributed by atoms with Crippen LogP contribution in [0.15, 0.2) is 105 Å². The van der Waals surface area contributed by atoms with E-state index in [2.05, 4.69) is 128 Å². The van der Waals surface area contributed by atoms with E-state index in [-0.39, 0.29) is 69.0 Å². The molecule has 624 valence electrons. The minimum Gasteiger partial charge on any atom is -0.495 e. The summed E-state index contributed by atoms with van der Waals surface area (Å²) in [5, 5.41) is 8.36. The normalized spacial score (nSPS) is 19.8. The number of likely N-dealkylation sites (N-methyl/N-ethyl adjacent to an activating group) is 3. The van der Waals surface area contributed by atoms with E-state index in [1.807, 2.05) is 28.1 Å². The van der Waals surface area contributed by atoms with Gasteiger partial charge in [0, 0.05) is 150 Å². The molecule has 0 unspecified atom stereocenters. The Morgan fingerprint density at radius 1 is 0.491 bits per heavy atom. The Labute approximate surface area is 692 Å². The van der Waals surface area contributed by atoms with Crippen molar-refractivity contribution in [1.29, 1.82) is 0 Å². The first-order chi connectivity index (χ1) is 55.2. The van der Waals surface area contributed by atoms with E-state index in [0.717, 1.165) is 159 Å². The fourth-order valence-corrected chi connectivity index (χ4v) is 17.4. The summed E-state index contributed by atoms with van der Waals surface area (Å²) in [6.45, 7) is 31.7. The number of halogens is 3. The number of anilines is 6. The van der Waals surface area contributed by atoms with Crippen LogP contribution in [0.3, 0.4) is 0 Å². The second-order valence-corrected chi connectivity index (χ2v) is 31.3. The summed E-state index contributed by atoms with van der Waals surface area (Å²) >= 11 is 0. The van der Waals surface area contributed by atoms with Gasteiger partial charge in [0.2, 0.25) is 17.7 Å². The first-order valence-corrected chi connectivity index (χ1v) is 40.4. The molecule has 7 aromatic rings. The third kappa shape index (κ3) is 19.5. The molecule has 3 amide bonds. The molecule has 4 aromatic heterocycles. The molecule has 27 nitrogen and oxygen atoms in total. The highest BCUT2D eigenvalue weighted by Crippen LogP contribution is 2.43. The monoisotopic (exact) mass is 1630 g/mol. The Kier molecular flexibility index (Phi) is 28.6. The van der Waals surface area contributed by atoms with Gasteiger partial charge in [-0.15, -0.1) is 0 Å². The van der Waals surface area contributed by atoms with Crippen molar-refractivity contribution >= 4 is 90.1 Å². The van der Waals surface area contributed by atoms with Crippen molar-refractivity contribution in [2.45, 2.75) is 121 Å². The number of nitrogens with zero attached hydrogens (tertiary/aromatic N) is 19. The van der Waals surface area contributed by atoms with E-state index in [9.17, 15) is 27.6 Å². The average molecular weight is 1640 g/mol. The van der Waals surface area contributed by atoms with Gasteiger partial charge in [-0.1, -0.05) is 63.9 Å². The average Bonchev–Trinajstić information content (AvgIpc) is 0.982. The Hall–Kier alpha value is -9.63. The molecule has 3 atom stereocenters. The van der Waals surface area contributed by atoms with Gasteiger partial charge in [-0.2, -0.15) is 75.2 Å². The smallest absolute Gasteiger partial charge is 0.418 e. The maximum atomic E-state index is 13.7. The van der Waals surface area contributed by atoms with Gasteiger partial charge in [0.15, 0.2) is 0 Å². The summed E-state index contributed by atoms with van der Waals surface area (Å²) in [5.41, 5.74) is 10.1. The highest BCUT2D eigenvalue weighted by molar-refractivity contribution is 7.59. The number of likely N-dealkylation sites (tertiary alicyclic amines) is 3. The number of fused-ring (bicyclic) bond motifs is 4. The molecule has 13 heterocycles. The lowest BCUT2D eigenvalue weighted by molar-refractivity contribution is -0.137. The molecule has 0 radical (unpaired) electrons. The second kappa shape index (κ2) is 38.6. The van der Waals surface area contributed by atoms with Crippen LogP contribution < -0.4 is 48.3 Å². The number of H-pyrrole nitrogens is 1. The minimum atomic E-state index is -4.45. The highest BCUT2D eigenvalue weighted by Gasteiger charge is 2.39. The van der Waals surface area contributed by atoms with Gasteiger partial charge in [-0.3, -0.25) is 19.5 Å². The van der Waals surface area contributed by atoms with Gasteiger partial charge in [0.1, 0.15) is 43.0 Å². The first kappa shape index (κ1) is 85.7. The molecule has 0 saturated carbocycles. The largest absolute Gasteiger partial charge is 0.495 e. The number of carbonyl (C=O) groups excluding carboxylic acids is 3. The first-order valence-electron chi connectivity index (χ1n) is 40.4. The summed E-state index contributed by atoms with van der Waals surface area (Å²) in [4.78, 5) is 91.2. The number of amides is 3. The predicted molar refractivity (Wildman–Crippen MR) is 456 cm³/mol. The van der Waals surface area contributed by atoms with Crippen molar-refractivity contribution in [1.82, 2.24) is 69.5 Å². The molecule has 116 heavy (non-hydrogen) atoms. The number of benzene rings is 3. The minimum absolute atomic E-state index is 0. The van der Waals surface area contributed by atoms with Gasteiger partial charge in [0.05, 0.1) is 66.8 Å². The molecule has 6 fully saturated rings. The molecule has 0 aliphatic carbocycles. The number of nitrogens with one attached hydrogen (secondary N) is 1. The van der Waals surface area contributed by atoms with Crippen LogP contribution in [0.5, 0.6) is 23.8 Å². The molecule has 6 saturated heterocycles. The number of rotatable bonds is 20. The number of alkyl halides is 3. The van der Waals surface area contributed by atoms with Gasteiger partial charge in [-0.25, -0.2) is 0 Å². The van der Waals surface area contributed by atoms with Crippen LogP contribution in [0.1, 0.15) is 103 Å². The maximum Gasteiger partial charge on any atom is 0.418 e. The Morgan fingerprint density at radius 2 is 0.871 bits per heavy atom. The van der Waals surface area contributed by atoms with E-state index in [1.165, 1.54) is 60.0 Å². The summed E-state index contributed by atoms with van der Waals surface area (Å²) in [5.74, 6) is 3.78. The number of aromatic nitrogens is 8. The third-order valence-electron chi connectivity index (χ3n) is 24.0. The SMILES string of the molecule is C=CC(=O)N1CCN(c2nc(OC[C@@H]3CCCN3C)nc3c2CCN(c2c(OC)ccc4[nH]ncc24)C3)CC1.C=CC(=O)N1CCN(c2nc(OC[C@@H]3CCCN3C)nc3c2CCN(c2ccccc2C(C)C)C3)CC1.C=CC(=O)N1CCN(c2nc(OC[C@@H]3CCCN3C)nc3c2CCN(c2ccccc2C(F)(F)F)C3)CC1.S.S. The fourth-order valence-electron chi connectivity index (χ4n) is 17.4. The zero-order valence-corrected chi connectivity index (χ0v) is 69.8. The lowest BCUT2D eigenvalue weighted by Crippen LogP contribution is -2.49. The van der Waals surface area contributed by atoms with Crippen LogP contribution in [0.25, 0.3) is 10.9 Å². The summed E-state index contributed by atoms with van der Waals surface area (Å²) in [6, 6.07) is 20.5. The number of piperazine rings is 3. The van der Waals surface area contributed by atoms with Crippen LogP contribution in [0, 0.1) is 0 Å². The number of carbonyl (C=O) groups is 3. The summed E-state index contributed by atoms with van der Waals surface area (Å²) in [7, 11) is 8.08. The molecule has 9 aliphatic rings. The van der Waals surface area contributed by atoms with Crippen LogP contribution in [0.2, 0.25) is 0 Å². The Balaban J connectivity index is 0.000000159. The molecule has 9 aliphatic heterocycles. The van der Waals surface area contributed by atoms with Gasteiger partial charge < -0.3 is 77.7 Å². The number of aromatic amines is 1. The molecule has 32 heteroatoms. The number of hydrogen-bond acceptors (Lipinski definition) is 23. The zero-order chi connectivity index (χ0) is 79.7. The van der Waals surface area contributed by atoms with Crippen LogP contribution in [-0.4, -0.2) is 271 Å². The van der Waals surface area contributed by atoms with Crippen molar-refractivity contribution in [2.75, 3.05) is 195 Å². The van der Waals surface area contributed by atoms with Gasteiger partial charge in [0.25, 0.3) is 0 Å². The topological polar surface area (TPSA) is 233 Å². The molecular weight excluding hydrogens is 1520 g/mol. The van der Waals surface area contributed by atoms with Gasteiger partial charge in [-0.05, 0) is 159 Å². The van der Waals surface area contributed by atoms with E-state index < -0.39 is 11.7 Å². The fraction of sp³-hybridized carbons (Fsp3) is 0.524. The molecule has 16 rings (SSSR count). The summed E-state index contributed by atoms with van der Waals surface area (Å²) in [6.07, 6.45) is 10.5. The number of para-hydroxylation sites is 2. The number of ether oxygens (including phenoxy) is 4.